The standard InChI is InChI=1S/C10H8BrN3O3/c1-6-4-7(2-3-8(6)11)17-14-5-9(10(15)16)12-13-14/h2-5H,1H3,(H,15,16). The van der Waals surface area contributed by atoms with Gasteiger partial charge in [0.05, 0.1) is 0 Å². The average Bonchev–Trinajstić information content (AvgIpc) is 2.72. The van der Waals surface area contributed by atoms with Crippen LogP contribution in [0.5, 0.6) is 5.75 Å². The monoisotopic (exact) mass is 297 g/mol. The highest BCUT2D eigenvalue weighted by Crippen LogP contribution is 2.21. The van der Waals surface area contributed by atoms with Gasteiger partial charge in [0.2, 0.25) is 0 Å². The zero-order valence-corrected chi connectivity index (χ0v) is 10.4. The molecule has 0 saturated carbocycles. The molecule has 1 N–H and O–H groups in total. The Morgan fingerprint density at radius 1 is 1.53 bits per heavy atom. The van der Waals surface area contributed by atoms with Crippen molar-refractivity contribution in [3.8, 4) is 5.75 Å². The van der Waals surface area contributed by atoms with Crippen LogP contribution in [0, 0.1) is 6.92 Å². The Bertz CT molecular complexity index is 568. The van der Waals surface area contributed by atoms with Crippen molar-refractivity contribution in [2.75, 3.05) is 0 Å². The van der Waals surface area contributed by atoms with Crippen molar-refractivity contribution in [2.24, 2.45) is 0 Å². The highest BCUT2D eigenvalue weighted by atomic mass is 79.9. The van der Waals surface area contributed by atoms with Gasteiger partial charge in [0, 0.05) is 4.47 Å². The SMILES string of the molecule is Cc1cc(On2cc(C(=O)O)nn2)ccc1Br. The molecule has 0 radical (unpaired) electrons. The minimum atomic E-state index is -1.15. The summed E-state index contributed by atoms with van der Waals surface area (Å²) in [7, 11) is 0. The Hall–Kier alpha value is -1.89. The van der Waals surface area contributed by atoms with E-state index in [1.165, 1.54) is 6.20 Å². The number of carboxylic acids is 1. The number of rotatable bonds is 3. The fourth-order valence-corrected chi connectivity index (χ4v) is 1.42. The van der Waals surface area contributed by atoms with Crippen LogP contribution in [0.25, 0.3) is 0 Å². The van der Waals surface area contributed by atoms with E-state index in [2.05, 4.69) is 26.2 Å². The molecule has 1 aromatic heterocycles. The summed E-state index contributed by atoms with van der Waals surface area (Å²) in [6, 6.07) is 5.37. The van der Waals surface area contributed by atoms with Gasteiger partial charge in [-0.3, -0.25) is 0 Å². The Morgan fingerprint density at radius 2 is 2.29 bits per heavy atom. The van der Waals surface area contributed by atoms with E-state index in [-0.39, 0.29) is 5.69 Å². The fourth-order valence-electron chi connectivity index (χ4n) is 1.17. The molecule has 17 heavy (non-hydrogen) atoms. The molecule has 0 amide bonds. The Kier molecular flexibility index (Phi) is 3.10. The maximum atomic E-state index is 10.6. The predicted octanol–water partition coefficient (Wildman–Crippen LogP) is 1.89. The third-order valence-corrected chi connectivity index (χ3v) is 2.91. The number of aryl methyl sites for hydroxylation is 1. The van der Waals surface area contributed by atoms with E-state index in [0.717, 1.165) is 14.9 Å². The third kappa shape index (κ3) is 2.62. The van der Waals surface area contributed by atoms with Crippen LogP contribution in [0.15, 0.2) is 28.9 Å². The highest BCUT2D eigenvalue weighted by molar-refractivity contribution is 9.10. The van der Waals surface area contributed by atoms with Crippen LogP contribution >= 0.6 is 15.9 Å². The average molecular weight is 298 g/mol. The van der Waals surface area contributed by atoms with Gasteiger partial charge in [0.1, 0.15) is 6.20 Å². The maximum Gasteiger partial charge on any atom is 0.358 e. The normalized spacial score (nSPS) is 10.2. The largest absolute Gasteiger partial charge is 0.476 e. The molecule has 88 valence electrons. The van der Waals surface area contributed by atoms with Crippen LogP contribution in [0.2, 0.25) is 0 Å². The molecule has 0 unspecified atom stereocenters. The van der Waals surface area contributed by atoms with Crippen molar-refractivity contribution in [2.45, 2.75) is 6.92 Å². The summed E-state index contributed by atoms with van der Waals surface area (Å²) in [5.41, 5.74) is 0.833. The quantitative estimate of drug-likeness (QED) is 0.936. The topological polar surface area (TPSA) is 77.2 Å². The van der Waals surface area contributed by atoms with Gasteiger partial charge in [-0.2, -0.15) is 0 Å². The molecule has 1 aromatic carbocycles. The van der Waals surface area contributed by atoms with Crippen LogP contribution in [0.1, 0.15) is 16.1 Å². The van der Waals surface area contributed by atoms with Crippen molar-refractivity contribution in [3.05, 3.63) is 40.1 Å². The molecular formula is C10H8BrN3O3. The Morgan fingerprint density at radius 3 is 2.88 bits per heavy atom. The number of halogens is 1. The van der Waals surface area contributed by atoms with Gasteiger partial charge >= 0.3 is 5.97 Å². The van der Waals surface area contributed by atoms with Gasteiger partial charge in [-0.25, -0.2) is 4.79 Å². The second-order valence-corrected chi connectivity index (χ2v) is 4.17. The van der Waals surface area contributed by atoms with Gasteiger partial charge in [-0.05, 0) is 35.9 Å². The summed E-state index contributed by atoms with van der Waals surface area (Å²) in [5, 5.41) is 15.6. The lowest BCUT2D eigenvalue weighted by Gasteiger charge is -2.04. The first-order valence-corrected chi connectivity index (χ1v) is 5.45. The van der Waals surface area contributed by atoms with E-state index in [4.69, 9.17) is 9.94 Å². The zero-order valence-electron chi connectivity index (χ0n) is 8.79. The van der Waals surface area contributed by atoms with Gasteiger partial charge < -0.3 is 9.94 Å². The predicted molar refractivity (Wildman–Crippen MR) is 61.9 cm³/mol. The second kappa shape index (κ2) is 4.54. The van der Waals surface area contributed by atoms with Crippen molar-refractivity contribution in [3.63, 3.8) is 0 Å². The number of nitrogens with zero attached hydrogens (tertiary/aromatic N) is 3. The summed E-state index contributed by atoms with van der Waals surface area (Å²) in [6.07, 6.45) is 1.19. The molecule has 0 spiro atoms. The maximum absolute atomic E-state index is 10.6. The minimum Gasteiger partial charge on any atom is -0.476 e. The van der Waals surface area contributed by atoms with Gasteiger partial charge in [0.15, 0.2) is 11.4 Å². The Balaban J connectivity index is 2.19. The molecule has 0 saturated heterocycles. The molecule has 7 heteroatoms. The van der Waals surface area contributed by atoms with Crippen molar-refractivity contribution in [1.82, 2.24) is 15.2 Å². The molecule has 0 atom stereocenters. The molecule has 1 heterocycles. The van der Waals surface area contributed by atoms with Crippen LogP contribution < -0.4 is 4.84 Å². The van der Waals surface area contributed by atoms with Crippen LogP contribution in [-0.4, -0.2) is 26.2 Å². The lowest BCUT2D eigenvalue weighted by Crippen LogP contribution is -2.05. The van der Waals surface area contributed by atoms with E-state index in [1.54, 1.807) is 12.1 Å². The lowest BCUT2D eigenvalue weighted by molar-refractivity contribution is 0.0690. The summed E-state index contributed by atoms with van der Waals surface area (Å²) in [4.78, 5) is 16.9. The number of benzene rings is 1. The first kappa shape index (κ1) is 11.6. The van der Waals surface area contributed by atoms with Crippen LogP contribution in [0.3, 0.4) is 0 Å². The van der Waals surface area contributed by atoms with Crippen molar-refractivity contribution in [1.29, 1.82) is 0 Å². The van der Waals surface area contributed by atoms with Crippen LogP contribution in [0.4, 0.5) is 0 Å². The summed E-state index contributed by atoms with van der Waals surface area (Å²) in [6.45, 7) is 1.92. The molecule has 0 aliphatic carbocycles. The number of carbonyl (C=O) groups is 1. The number of aromatic nitrogens is 3. The molecule has 0 fully saturated rings. The van der Waals surface area contributed by atoms with Crippen molar-refractivity contribution >= 4 is 21.9 Å². The number of hydrogen-bond acceptors (Lipinski definition) is 4. The van der Waals surface area contributed by atoms with Gasteiger partial charge in [0.25, 0.3) is 0 Å². The van der Waals surface area contributed by atoms with Crippen LogP contribution in [-0.2, 0) is 0 Å². The van der Waals surface area contributed by atoms with Gasteiger partial charge in [-0.1, -0.05) is 20.8 Å². The fraction of sp³-hybridized carbons (Fsp3) is 0.100. The molecule has 2 rings (SSSR count). The first-order valence-electron chi connectivity index (χ1n) is 4.66. The summed E-state index contributed by atoms with van der Waals surface area (Å²) in [5.74, 6) is -0.598. The highest BCUT2D eigenvalue weighted by Gasteiger charge is 2.09. The molecule has 2 aromatic rings. The van der Waals surface area contributed by atoms with E-state index < -0.39 is 5.97 Å². The third-order valence-electron chi connectivity index (χ3n) is 2.02. The van der Waals surface area contributed by atoms with E-state index in [1.807, 2.05) is 13.0 Å². The van der Waals surface area contributed by atoms with E-state index in [9.17, 15) is 4.79 Å². The first-order chi connectivity index (χ1) is 8.06. The smallest absolute Gasteiger partial charge is 0.358 e. The second-order valence-electron chi connectivity index (χ2n) is 3.31. The summed E-state index contributed by atoms with van der Waals surface area (Å²) < 4.78 is 0.967. The number of hydrogen-bond donors (Lipinski definition) is 1. The van der Waals surface area contributed by atoms with E-state index >= 15 is 0 Å². The molecule has 0 bridgehead atoms. The van der Waals surface area contributed by atoms with Crippen molar-refractivity contribution < 1.29 is 14.7 Å². The molecule has 0 aliphatic heterocycles. The number of carboxylic acid groups (broad SMARTS) is 1. The Labute approximate surface area is 105 Å². The zero-order chi connectivity index (χ0) is 12.4. The lowest BCUT2D eigenvalue weighted by atomic mass is 10.2. The summed E-state index contributed by atoms with van der Waals surface area (Å²) >= 11 is 3.37. The molecule has 6 nitrogen and oxygen atoms in total. The minimum absolute atomic E-state index is 0.168. The number of aromatic carboxylic acids is 1. The molecular weight excluding hydrogens is 290 g/mol. The van der Waals surface area contributed by atoms with Gasteiger partial charge in [-0.15, -0.1) is 5.10 Å². The van der Waals surface area contributed by atoms with E-state index in [0.29, 0.717) is 5.75 Å². The molecule has 0 aliphatic rings.